The molecule has 2 amide bonds. The fourth-order valence-corrected chi connectivity index (χ4v) is 4.15. The first-order valence-corrected chi connectivity index (χ1v) is 10.9. The van der Waals surface area contributed by atoms with E-state index in [4.69, 9.17) is 9.47 Å². The lowest BCUT2D eigenvalue weighted by atomic mass is 9.97. The molecule has 0 bridgehead atoms. The normalized spacial score (nSPS) is 17.3. The zero-order chi connectivity index (χ0) is 22.7. The number of imide groups is 1. The molecule has 2 aromatic carbocycles. The Labute approximate surface area is 188 Å². The van der Waals surface area contributed by atoms with E-state index in [-0.39, 0.29) is 11.8 Å². The molecule has 7 heteroatoms. The lowest BCUT2D eigenvalue weighted by Crippen LogP contribution is -2.43. The molecule has 4 rings (SSSR count). The third kappa shape index (κ3) is 4.54. The smallest absolute Gasteiger partial charge is 0.278 e. The molecule has 0 aromatic heterocycles. The Hall–Kier alpha value is -3.16. The molecule has 2 aliphatic rings. The minimum Gasteiger partial charge on any atom is -0.497 e. The molecule has 2 aliphatic heterocycles. The van der Waals surface area contributed by atoms with Gasteiger partial charge in [-0.3, -0.25) is 19.4 Å². The van der Waals surface area contributed by atoms with E-state index in [1.165, 1.54) is 4.90 Å². The molecule has 1 N–H and O–H groups in total. The summed E-state index contributed by atoms with van der Waals surface area (Å²) < 4.78 is 10.7. The molecular formula is C25H29N3O4. The van der Waals surface area contributed by atoms with Crippen LogP contribution in [0.3, 0.4) is 0 Å². The van der Waals surface area contributed by atoms with Gasteiger partial charge in [-0.2, -0.15) is 0 Å². The van der Waals surface area contributed by atoms with E-state index >= 15 is 0 Å². The number of carbonyl (C=O) groups is 2. The number of rotatable bonds is 7. The molecule has 7 nitrogen and oxygen atoms in total. The van der Waals surface area contributed by atoms with Gasteiger partial charge in [0.2, 0.25) is 0 Å². The maximum absolute atomic E-state index is 13.5. The molecule has 2 aromatic rings. The predicted octanol–water partition coefficient (Wildman–Crippen LogP) is 2.84. The largest absolute Gasteiger partial charge is 0.497 e. The molecule has 0 aliphatic carbocycles. The second-order valence-corrected chi connectivity index (χ2v) is 8.14. The molecule has 0 atom stereocenters. The molecular weight excluding hydrogens is 406 g/mol. The van der Waals surface area contributed by atoms with Crippen LogP contribution in [-0.4, -0.2) is 68.1 Å². The van der Waals surface area contributed by atoms with Crippen LogP contribution in [-0.2, 0) is 14.3 Å². The predicted molar refractivity (Wildman–Crippen MR) is 123 cm³/mol. The van der Waals surface area contributed by atoms with Crippen molar-refractivity contribution in [1.29, 1.82) is 0 Å². The Kier molecular flexibility index (Phi) is 6.58. The van der Waals surface area contributed by atoms with E-state index in [2.05, 4.69) is 10.2 Å². The van der Waals surface area contributed by atoms with E-state index in [1.54, 1.807) is 13.2 Å². The van der Waals surface area contributed by atoms with E-state index in [1.807, 2.05) is 50.2 Å². The number of amides is 2. The third-order valence-corrected chi connectivity index (χ3v) is 5.90. The molecule has 0 spiro atoms. The summed E-state index contributed by atoms with van der Waals surface area (Å²) in [5, 5.41) is 3.21. The van der Waals surface area contributed by atoms with Crippen molar-refractivity contribution in [3.8, 4) is 5.75 Å². The number of carbonyl (C=O) groups excluding carboxylic acids is 2. The summed E-state index contributed by atoms with van der Waals surface area (Å²) in [5.41, 5.74) is 4.25. The number of aryl methyl sites for hydroxylation is 2. The lowest BCUT2D eigenvalue weighted by molar-refractivity contribution is -0.137. The highest BCUT2D eigenvalue weighted by molar-refractivity contribution is 6.36. The van der Waals surface area contributed by atoms with E-state index in [0.29, 0.717) is 49.0 Å². The number of nitrogens with one attached hydrogen (secondary N) is 1. The first kappa shape index (κ1) is 22.0. The second-order valence-electron chi connectivity index (χ2n) is 8.14. The van der Waals surface area contributed by atoms with Crippen LogP contribution in [0, 0.1) is 13.8 Å². The van der Waals surface area contributed by atoms with Crippen LogP contribution in [0.15, 0.2) is 48.2 Å². The molecule has 0 unspecified atom stereocenters. The number of ether oxygens (including phenoxy) is 2. The fraction of sp³-hybridized carbons (Fsp3) is 0.360. The van der Waals surface area contributed by atoms with Crippen molar-refractivity contribution in [2.45, 2.75) is 13.8 Å². The summed E-state index contributed by atoms with van der Waals surface area (Å²) in [7, 11) is 1.59. The van der Waals surface area contributed by atoms with Crippen molar-refractivity contribution in [2.24, 2.45) is 0 Å². The summed E-state index contributed by atoms with van der Waals surface area (Å²) >= 11 is 0. The van der Waals surface area contributed by atoms with Gasteiger partial charge in [0.25, 0.3) is 11.8 Å². The van der Waals surface area contributed by atoms with Gasteiger partial charge in [0.05, 0.1) is 25.9 Å². The standard InChI is InChI=1S/C25H29N3O4/c1-17-7-8-21(18(2)15-17)22-23(26-19-5-4-6-20(16-19)31-3)25(30)28(24(22)29)10-9-27-11-13-32-14-12-27/h4-8,15-16,26H,9-14H2,1-3H3. The van der Waals surface area contributed by atoms with Gasteiger partial charge >= 0.3 is 0 Å². The first-order valence-electron chi connectivity index (χ1n) is 10.9. The van der Waals surface area contributed by atoms with Gasteiger partial charge in [0.1, 0.15) is 11.4 Å². The van der Waals surface area contributed by atoms with Gasteiger partial charge in [-0.15, -0.1) is 0 Å². The van der Waals surface area contributed by atoms with Gasteiger partial charge in [-0.25, -0.2) is 0 Å². The van der Waals surface area contributed by atoms with Crippen LogP contribution in [0.5, 0.6) is 5.75 Å². The zero-order valence-electron chi connectivity index (χ0n) is 18.8. The Morgan fingerprint density at radius 3 is 2.50 bits per heavy atom. The van der Waals surface area contributed by atoms with E-state index < -0.39 is 0 Å². The number of nitrogens with zero attached hydrogens (tertiary/aromatic N) is 2. The second kappa shape index (κ2) is 9.54. The van der Waals surface area contributed by atoms with Crippen molar-refractivity contribution in [3.63, 3.8) is 0 Å². The number of anilines is 1. The van der Waals surface area contributed by atoms with Crippen LogP contribution in [0.1, 0.15) is 16.7 Å². The summed E-state index contributed by atoms with van der Waals surface area (Å²) in [6.45, 7) is 7.92. The molecule has 1 saturated heterocycles. The number of methoxy groups -OCH3 is 1. The van der Waals surface area contributed by atoms with Crippen molar-refractivity contribution in [2.75, 3.05) is 51.8 Å². The molecule has 0 saturated carbocycles. The minimum atomic E-state index is -0.305. The Morgan fingerprint density at radius 1 is 1.00 bits per heavy atom. The molecule has 2 heterocycles. The SMILES string of the molecule is COc1cccc(NC2=C(c3ccc(C)cc3C)C(=O)N(CCN3CCOCC3)C2=O)c1. The van der Waals surface area contributed by atoms with Crippen LogP contribution >= 0.6 is 0 Å². The summed E-state index contributed by atoms with van der Waals surface area (Å²) in [5.74, 6) is 0.103. The average molecular weight is 436 g/mol. The highest BCUT2D eigenvalue weighted by atomic mass is 16.5. The maximum atomic E-state index is 13.5. The Bertz CT molecular complexity index is 1060. The highest BCUT2D eigenvalue weighted by Crippen LogP contribution is 2.33. The lowest BCUT2D eigenvalue weighted by Gasteiger charge is -2.28. The molecule has 1 fully saturated rings. The van der Waals surface area contributed by atoms with Crippen LogP contribution in [0.25, 0.3) is 5.57 Å². The molecule has 32 heavy (non-hydrogen) atoms. The van der Waals surface area contributed by atoms with Crippen molar-refractivity contribution in [3.05, 3.63) is 64.9 Å². The first-order chi connectivity index (χ1) is 15.5. The van der Waals surface area contributed by atoms with Gasteiger partial charge in [-0.05, 0) is 37.1 Å². The molecule has 168 valence electrons. The number of hydrogen-bond donors (Lipinski definition) is 1. The van der Waals surface area contributed by atoms with Gasteiger partial charge in [0.15, 0.2) is 0 Å². The van der Waals surface area contributed by atoms with Crippen molar-refractivity contribution < 1.29 is 19.1 Å². The number of morpholine rings is 1. The van der Waals surface area contributed by atoms with Gasteiger partial charge < -0.3 is 14.8 Å². The zero-order valence-corrected chi connectivity index (χ0v) is 18.8. The van der Waals surface area contributed by atoms with E-state index in [9.17, 15) is 9.59 Å². The monoisotopic (exact) mass is 435 g/mol. The van der Waals surface area contributed by atoms with Crippen LogP contribution < -0.4 is 10.1 Å². The van der Waals surface area contributed by atoms with Gasteiger partial charge in [-0.1, -0.05) is 29.8 Å². The maximum Gasteiger partial charge on any atom is 0.278 e. The van der Waals surface area contributed by atoms with E-state index in [0.717, 1.165) is 29.8 Å². The fourth-order valence-electron chi connectivity index (χ4n) is 4.15. The van der Waals surface area contributed by atoms with Crippen molar-refractivity contribution in [1.82, 2.24) is 9.80 Å². The quantitative estimate of drug-likeness (QED) is 0.675. The Morgan fingerprint density at radius 2 is 1.78 bits per heavy atom. The number of benzene rings is 2. The Balaban J connectivity index is 1.66. The topological polar surface area (TPSA) is 71.1 Å². The highest BCUT2D eigenvalue weighted by Gasteiger charge is 2.39. The summed E-state index contributed by atoms with van der Waals surface area (Å²) in [4.78, 5) is 30.5. The van der Waals surface area contributed by atoms with Crippen LogP contribution in [0.4, 0.5) is 5.69 Å². The van der Waals surface area contributed by atoms with Crippen molar-refractivity contribution >= 4 is 23.1 Å². The molecule has 0 radical (unpaired) electrons. The van der Waals surface area contributed by atoms with Crippen LogP contribution in [0.2, 0.25) is 0 Å². The summed E-state index contributed by atoms with van der Waals surface area (Å²) in [6.07, 6.45) is 0. The summed E-state index contributed by atoms with van der Waals surface area (Å²) in [6, 6.07) is 13.2. The third-order valence-electron chi connectivity index (χ3n) is 5.90. The minimum absolute atomic E-state index is 0.263. The number of hydrogen-bond acceptors (Lipinski definition) is 6. The average Bonchev–Trinajstić information content (AvgIpc) is 3.02. The van der Waals surface area contributed by atoms with Gasteiger partial charge in [0, 0.05) is 37.9 Å².